The van der Waals surface area contributed by atoms with E-state index in [0.29, 0.717) is 0 Å². The number of nitrogens with one attached hydrogen (secondary N) is 1. The lowest BCUT2D eigenvalue weighted by molar-refractivity contribution is 0.714. The first-order chi connectivity index (χ1) is 9.74. The van der Waals surface area contributed by atoms with E-state index in [1.165, 1.54) is 0 Å². The number of aromatic nitrogens is 5. The standard InChI is InChI=1S/C13H14N6S/c1-9(12-7-20-8-14-12)15-11-5-3-4-10(6-11)13-16-17-18-19(13)2/h3-9,15H,1-2H3. The lowest BCUT2D eigenvalue weighted by Crippen LogP contribution is -2.07. The van der Waals surface area contributed by atoms with Gasteiger partial charge in [0.05, 0.1) is 17.2 Å². The van der Waals surface area contributed by atoms with Crippen molar-refractivity contribution in [1.29, 1.82) is 0 Å². The zero-order chi connectivity index (χ0) is 13.9. The molecule has 1 atom stereocenters. The van der Waals surface area contributed by atoms with E-state index in [2.05, 4.69) is 32.7 Å². The first-order valence-corrected chi connectivity index (χ1v) is 7.16. The van der Waals surface area contributed by atoms with Crippen LogP contribution in [-0.2, 0) is 7.05 Å². The predicted octanol–water partition coefficient (Wildman–Crippen LogP) is 2.51. The molecule has 1 aromatic carbocycles. The maximum Gasteiger partial charge on any atom is 0.181 e. The summed E-state index contributed by atoms with van der Waals surface area (Å²) in [5, 5.41) is 17.0. The summed E-state index contributed by atoms with van der Waals surface area (Å²) < 4.78 is 1.66. The number of benzene rings is 1. The van der Waals surface area contributed by atoms with Crippen molar-refractivity contribution in [2.24, 2.45) is 7.05 Å². The van der Waals surface area contributed by atoms with Crippen LogP contribution in [0.2, 0.25) is 0 Å². The number of rotatable bonds is 4. The van der Waals surface area contributed by atoms with Crippen molar-refractivity contribution >= 4 is 17.0 Å². The second-order valence-corrected chi connectivity index (χ2v) is 5.20. The molecule has 1 N–H and O–H groups in total. The van der Waals surface area contributed by atoms with Gasteiger partial charge in [0.2, 0.25) is 0 Å². The van der Waals surface area contributed by atoms with Crippen LogP contribution in [0.5, 0.6) is 0 Å². The van der Waals surface area contributed by atoms with E-state index in [1.807, 2.05) is 42.2 Å². The van der Waals surface area contributed by atoms with Crippen molar-refractivity contribution in [3.05, 3.63) is 40.8 Å². The maximum absolute atomic E-state index is 4.32. The second kappa shape index (κ2) is 5.38. The van der Waals surface area contributed by atoms with E-state index in [1.54, 1.807) is 16.0 Å². The van der Waals surface area contributed by atoms with Gasteiger partial charge >= 0.3 is 0 Å². The molecule has 0 aliphatic carbocycles. The average Bonchev–Trinajstić information content (AvgIpc) is 3.10. The molecule has 0 bridgehead atoms. The molecule has 0 radical (unpaired) electrons. The van der Waals surface area contributed by atoms with E-state index >= 15 is 0 Å². The van der Waals surface area contributed by atoms with Crippen molar-refractivity contribution in [2.75, 3.05) is 5.32 Å². The van der Waals surface area contributed by atoms with Crippen molar-refractivity contribution in [3.8, 4) is 11.4 Å². The average molecular weight is 286 g/mol. The molecule has 2 heterocycles. The molecule has 7 heteroatoms. The molecule has 0 saturated carbocycles. The summed E-state index contributed by atoms with van der Waals surface area (Å²) in [6.45, 7) is 2.09. The molecule has 6 nitrogen and oxygen atoms in total. The molecule has 0 spiro atoms. The van der Waals surface area contributed by atoms with Crippen LogP contribution >= 0.6 is 11.3 Å². The normalized spacial score (nSPS) is 12.3. The molecule has 0 aliphatic rings. The van der Waals surface area contributed by atoms with Crippen LogP contribution in [0.15, 0.2) is 35.2 Å². The highest BCUT2D eigenvalue weighted by Gasteiger charge is 2.09. The summed E-state index contributed by atoms with van der Waals surface area (Å²) >= 11 is 1.60. The Balaban J connectivity index is 1.83. The number of thiazole rings is 1. The minimum absolute atomic E-state index is 0.161. The van der Waals surface area contributed by atoms with Gasteiger partial charge in [-0.1, -0.05) is 12.1 Å². The molecule has 20 heavy (non-hydrogen) atoms. The van der Waals surface area contributed by atoms with Gasteiger partial charge in [0.1, 0.15) is 0 Å². The van der Waals surface area contributed by atoms with E-state index in [-0.39, 0.29) is 6.04 Å². The minimum Gasteiger partial charge on any atom is -0.377 e. The number of tetrazole rings is 1. The Hall–Kier alpha value is -2.28. The van der Waals surface area contributed by atoms with Crippen LogP contribution in [0.3, 0.4) is 0 Å². The van der Waals surface area contributed by atoms with Gasteiger partial charge in [-0.25, -0.2) is 9.67 Å². The van der Waals surface area contributed by atoms with Crippen molar-refractivity contribution in [1.82, 2.24) is 25.2 Å². The molecule has 0 amide bonds. The lowest BCUT2D eigenvalue weighted by atomic mass is 10.1. The summed E-state index contributed by atoms with van der Waals surface area (Å²) in [7, 11) is 1.83. The molecular formula is C13H14N6S. The number of hydrogen-bond donors (Lipinski definition) is 1. The highest BCUT2D eigenvalue weighted by molar-refractivity contribution is 7.07. The van der Waals surface area contributed by atoms with Crippen molar-refractivity contribution in [3.63, 3.8) is 0 Å². The first-order valence-electron chi connectivity index (χ1n) is 6.21. The predicted molar refractivity (Wildman–Crippen MR) is 78.4 cm³/mol. The monoisotopic (exact) mass is 286 g/mol. The van der Waals surface area contributed by atoms with Gasteiger partial charge in [0, 0.05) is 23.7 Å². The Labute approximate surface area is 120 Å². The molecule has 1 unspecified atom stereocenters. The Morgan fingerprint density at radius 3 is 2.95 bits per heavy atom. The van der Waals surface area contributed by atoms with E-state index in [4.69, 9.17) is 0 Å². The fourth-order valence-electron chi connectivity index (χ4n) is 1.98. The SMILES string of the molecule is CC(Nc1cccc(-c2nnnn2C)c1)c1cscn1. The van der Waals surface area contributed by atoms with E-state index < -0.39 is 0 Å². The third-order valence-electron chi connectivity index (χ3n) is 3.02. The molecule has 0 saturated heterocycles. The van der Waals surface area contributed by atoms with Crippen LogP contribution < -0.4 is 5.32 Å². The van der Waals surface area contributed by atoms with Gasteiger partial charge in [-0.2, -0.15) is 0 Å². The zero-order valence-corrected chi connectivity index (χ0v) is 12.0. The first kappa shape index (κ1) is 12.7. The van der Waals surface area contributed by atoms with Crippen LogP contribution in [0, 0.1) is 0 Å². The van der Waals surface area contributed by atoms with Crippen LogP contribution in [0.1, 0.15) is 18.7 Å². The van der Waals surface area contributed by atoms with Crippen LogP contribution in [0.25, 0.3) is 11.4 Å². The Morgan fingerprint density at radius 2 is 2.25 bits per heavy atom. The van der Waals surface area contributed by atoms with Gasteiger partial charge < -0.3 is 5.32 Å². The van der Waals surface area contributed by atoms with Gasteiger partial charge in [-0.05, 0) is 29.5 Å². The molecule has 102 valence electrons. The minimum atomic E-state index is 0.161. The van der Waals surface area contributed by atoms with Crippen LogP contribution in [-0.4, -0.2) is 25.2 Å². The molecule has 0 fully saturated rings. The Morgan fingerprint density at radius 1 is 1.35 bits per heavy atom. The second-order valence-electron chi connectivity index (χ2n) is 4.49. The van der Waals surface area contributed by atoms with Crippen LogP contribution in [0.4, 0.5) is 5.69 Å². The lowest BCUT2D eigenvalue weighted by Gasteiger charge is -2.13. The third-order valence-corrected chi connectivity index (χ3v) is 3.62. The third kappa shape index (κ3) is 2.53. The number of hydrogen-bond acceptors (Lipinski definition) is 6. The smallest absolute Gasteiger partial charge is 0.181 e. The molecule has 0 aliphatic heterocycles. The number of aryl methyl sites for hydroxylation is 1. The largest absolute Gasteiger partial charge is 0.377 e. The Kier molecular flexibility index (Phi) is 3.42. The quantitative estimate of drug-likeness (QED) is 0.798. The topological polar surface area (TPSA) is 68.5 Å². The van der Waals surface area contributed by atoms with Gasteiger partial charge in [-0.15, -0.1) is 16.4 Å². The van der Waals surface area contributed by atoms with Crippen molar-refractivity contribution < 1.29 is 0 Å². The summed E-state index contributed by atoms with van der Waals surface area (Å²) in [6, 6.07) is 8.20. The zero-order valence-electron chi connectivity index (χ0n) is 11.2. The number of anilines is 1. The van der Waals surface area contributed by atoms with Crippen molar-refractivity contribution in [2.45, 2.75) is 13.0 Å². The van der Waals surface area contributed by atoms with E-state index in [9.17, 15) is 0 Å². The fourth-order valence-corrected chi connectivity index (χ4v) is 2.63. The summed E-state index contributed by atoms with van der Waals surface area (Å²) in [5.41, 5.74) is 4.88. The molecule has 3 aromatic rings. The molecular weight excluding hydrogens is 272 g/mol. The molecule has 3 rings (SSSR count). The number of nitrogens with zero attached hydrogens (tertiary/aromatic N) is 5. The summed E-state index contributed by atoms with van der Waals surface area (Å²) in [5.74, 6) is 0.745. The summed E-state index contributed by atoms with van der Waals surface area (Å²) in [4.78, 5) is 4.32. The fraction of sp³-hybridized carbons (Fsp3) is 0.231. The van der Waals surface area contributed by atoms with Gasteiger partial charge in [-0.3, -0.25) is 0 Å². The highest BCUT2D eigenvalue weighted by Crippen LogP contribution is 2.23. The summed E-state index contributed by atoms with van der Waals surface area (Å²) in [6.07, 6.45) is 0. The molecule has 2 aromatic heterocycles. The highest BCUT2D eigenvalue weighted by atomic mass is 32.1. The maximum atomic E-state index is 4.32. The van der Waals surface area contributed by atoms with Gasteiger partial charge in [0.15, 0.2) is 5.82 Å². The van der Waals surface area contributed by atoms with Gasteiger partial charge in [0.25, 0.3) is 0 Å². The Bertz CT molecular complexity index is 690. The van der Waals surface area contributed by atoms with E-state index in [0.717, 1.165) is 22.8 Å².